The van der Waals surface area contributed by atoms with E-state index in [1.165, 1.54) is 11.1 Å². The second-order valence-corrected chi connectivity index (χ2v) is 5.61. The van der Waals surface area contributed by atoms with E-state index in [-0.39, 0.29) is 0 Å². The van der Waals surface area contributed by atoms with Crippen molar-refractivity contribution in [1.29, 1.82) is 0 Å². The van der Waals surface area contributed by atoms with E-state index in [9.17, 15) is 0 Å². The molecule has 112 valence electrons. The van der Waals surface area contributed by atoms with Crippen LogP contribution in [0.3, 0.4) is 0 Å². The number of hydrogen-bond acceptors (Lipinski definition) is 2. The Bertz CT molecular complexity index is 519. The van der Waals surface area contributed by atoms with E-state index in [2.05, 4.69) is 43.4 Å². The third-order valence-corrected chi connectivity index (χ3v) is 3.77. The van der Waals surface area contributed by atoms with Gasteiger partial charge in [0.15, 0.2) is 0 Å². The van der Waals surface area contributed by atoms with E-state index in [1.807, 2.05) is 37.4 Å². The first kappa shape index (κ1) is 15.6. The third kappa shape index (κ3) is 4.61. The molecule has 0 aliphatic rings. The first-order valence-electron chi connectivity index (χ1n) is 7.65. The minimum Gasteiger partial charge on any atom is -0.494 e. The standard InChI is InChI=1S/C19H25NO/c1-15(2)16-9-11-17(12-10-16)19(20-3)13-14-21-18-7-5-4-6-8-18/h4-12,15,19-20H,13-14H2,1-3H3. The highest BCUT2D eigenvalue weighted by Gasteiger charge is 2.10. The average Bonchev–Trinajstić information content (AvgIpc) is 2.53. The van der Waals surface area contributed by atoms with Crippen LogP contribution in [0.1, 0.15) is 43.4 Å². The van der Waals surface area contributed by atoms with Crippen LogP contribution in [0.5, 0.6) is 5.75 Å². The second-order valence-electron chi connectivity index (χ2n) is 5.61. The van der Waals surface area contributed by atoms with Crippen LogP contribution in [0, 0.1) is 0 Å². The van der Waals surface area contributed by atoms with Gasteiger partial charge >= 0.3 is 0 Å². The zero-order chi connectivity index (χ0) is 15.1. The lowest BCUT2D eigenvalue weighted by atomic mass is 9.98. The van der Waals surface area contributed by atoms with Crippen LogP contribution < -0.4 is 10.1 Å². The Kier molecular flexibility index (Phi) is 5.82. The number of rotatable bonds is 7. The summed E-state index contributed by atoms with van der Waals surface area (Å²) in [6.45, 7) is 5.15. The first-order chi connectivity index (χ1) is 10.2. The molecule has 0 saturated heterocycles. The van der Waals surface area contributed by atoms with Crippen LogP contribution in [0.4, 0.5) is 0 Å². The van der Waals surface area contributed by atoms with Crippen molar-refractivity contribution in [3.8, 4) is 5.75 Å². The first-order valence-corrected chi connectivity index (χ1v) is 7.65. The molecule has 0 saturated carbocycles. The van der Waals surface area contributed by atoms with Crippen molar-refractivity contribution in [3.05, 3.63) is 65.7 Å². The van der Waals surface area contributed by atoms with Crippen molar-refractivity contribution < 1.29 is 4.74 Å². The fourth-order valence-corrected chi connectivity index (χ4v) is 2.40. The summed E-state index contributed by atoms with van der Waals surface area (Å²) in [7, 11) is 2.00. The molecular formula is C19H25NO. The van der Waals surface area contributed by atoms with Gasteiger partial charge in [-0.3, -0.25) is 0 Å². The van der Waals surface area contributed by atoms with Gasteiger partial charge < -0.3 is 10.1 Å². The predicted molar refractivity (Wildman–Crippen MR) is 88.9 cm³/mol. The van der Waals surface area contributed by atoms with E-state index in [0.717, 1.165) is 12.2 Å². The monoisotopic (exact) mass is 283 g/mol. The highest BCUT2D eigenvalue weighted by atomic mass is 16.5. The summed E-state index contributed by atoms with van der Waals surface area (Å²) in [5, 5.41) is 3.37. The average molecular weight is 283 g/mol. The lowest BCUT2D eigenvalue weighted by molar-refractivity contribution is 0.290. The maximum absolute atomic E-state index is 5.78. The van der Waals surface area contributed by atoms with Crippen LogP contribution in [-0.2, 0) is 0 Å². The molecule has 2 aromatic rings. The van der Waals surface area contributed by atoms with Gasteiger partial charge in [0.05, 0.1) is 6.61 Å². The van der Waals surface area contributed by atoms with E-state index >= 15 is 0 Å². The van der Waals surface area contributed by atoms with E-state index in [4.69, 9.17) is 4.74 Å². The quantitative estimate of drug-likeness (QED) is 0.805. The maximum atomic E-state index is 5.78. The molecule has 0 bridgehead atoms. The summed E-state index contributed by atoms with van der Waals surface area (Å²) in [6, 6.07) is 19.2. The molecule has 1 atom stereocenters. The molecule has 0 aliphatic carbocycles. The summed E-state index contributed by atoms with van der Waals surface area (Å²) in [5.74, 6) is 1.51. The molecule has 0 spiro atoms. The van der Waals surface area contributed by atoms with Crippen molar-refractivity contribution >= 4 is 0 Å². The molecule has 2 aromatic carbocycles. The molecule has 0 fully saturated rings. The third-order valence-electron chi connectivity index (χ3n) is 3.77. The number of nitrogens with one attached hydrogen (secondary N) is 1. The van der Waals surface area contributed by atoms with Gasteiger partial charge in [0, 0.05) is 12.5 Å². The highest BCUT2D eigenvalue weighted by Crippen LogP contribution is 2.21. The number of benzene rings is 2. The fraction of sp³-hybridized carbons (Fsp3) is 0.368. The highest BCUT2D eigenvalue weighted by molar-refractivity contribution is 5.27. The van der Waals surface area contributed by atoms with Crippen LogP contribution in [0.2, 0.25) is 0 Å². The Morgan fingerprint density at radius 2 is 1.52 bits per heavy atom. The van der Waals surface area contributed by atoms with Gasteiger partial charge in [-0.15, -0.1) is 0 Å². The topological polar surface area (TPSA) is 21.3 Å². The van der Waals surface area contributed by atoms with Crippen LogP contribution in [0.25, 0.3) is 0 Å². The number of ether oxygens (including phenoxy) is 1. The molecular weight excluding hydrogens is 258 g/mol. The number of para-hydroxylation sites is 1. The van der Waals surface area contributed by atoms with Crippen molar-refractivity contribution in [2.24, 2.45) is 0 Å². The van der Waals surface area contributed by atoms with Gasteiger partial charge in [-0.05, 0) is 36.2 Å². The lowest BCUT2D eigenvalue weighted by Gasteiger charge is -2.18. The van der Waals surface area contributed by atoms with Gasteiger partial charge in [0.2, 0.25) is 0 Å². The molecule has 0 heterocycles. The second kappa shape index (κ2) is 7.84. The smallest absolute Gasteiger partial charge is 0.119 e. The molecule has 2 nitrogen and oxygen atoms in total. The molecule has 0 aromatic heterocycles. The Balaban J connectivity index is 1.90. The molecule has 0 aliphatic heterocycles. The summed E-state index contributed by atoms with van der Waals surface area (Å²) in [5.41, 5.74) is 2.70. The van der Waals surface area contributed by atoms with Gasteiger partial charge in [-0.1, -0.05) is 56.3 Å². The van der Waals surface area contributed by atoms with E-state index in [1.54, 1.807) is 0 Å². The lowest BCUT2D eigenvalue weighted by Crippen LogP contribution is -2.19. The van der Waals surface area contributed by atoms with Crippen LogP contribution >= 0.6 is 0 Å². The fourth-order valence-electron chi connectivity index (χ4n) is 2.40. The van der Waals surface area contributed by atoms with Crippen molar-refractivity contribution in [2.75, 3.05) is 13.7 Å². The van der Waals surface area contributed by atoms with Gasteiger partial charge in [0.1, 0.15) is 5.75 Å². The number of hydrogen-bond donors (Lipinski definition) is 1. The Morgan fingerprint density at radius 1 is 0.905 bits per heavy atom. The Labute approximate surface area is 128 Å². The molecule has 2 rings (SSSR count). The van der Waals surface area contributed by atoms with Gasteiger partial charge in [-0.25, -0.2) is 0 Å². The zero-order valence-electron chi connectivity index (χ0n) is 13.2. The normalized spacial score (nSPS) is 12.4. The molecule has 1 unspecified atom stereocenters. The summed E-state index contributed by atoms with van der Waals surface area (Å²) >= 11 is 0. The molecule has 21 heavy (non-hydrogen) atoms. The van der Waals surface area contributed by atoms with Crippen molar-refractivity contribution in [2.45, 2.75) is 32.2 Å². The molecule has 0 radical (unpaired) electrons. The van der Waals surface area contributed by atoms with E-state index < -0.39 is 0 Å². The SMILES string of the molecule is CNC(CCOc1ccccc1)c1ccc(C(C)C)cc1. The predicted octanol–water partition coefficient (Wildman–Crippen LogP) is 4.54. The molecule has 1 N–H and O–H groups in total. The summed E-state index contributed by atoms with van der Waals surface area (Å²) in [6.07, 6.45) is 0.951. The van der Waals surface area contributed by atoms with Gasteiger partial charge in [0.25, 0.3) is 0 Å². The summed E-state index contributed by atoms with van der Waals surface area (Å²) in [4.78, 5) is 0. The zero-order valence-corrected chi connectivity index (χ0v) is 13.2. The van der Waals surface area contributed by atoms with Crippen LogP contribution in [-0.4, -0.2) is 13.7 Å². The summed E-state index contributed by atoms with van der Waals surface area (Å²) < 4.78 is 5.78. The van der Waals surface area contributed by atoms with Crippen molar-refractivity contribution in [3.63, 3.8) is 0 Å². The Hall–Kier alpha value is -1.80. The van der Waals surface area contributed by atoms with Crippen LogP contribution in [0.15, 0.2) is 54.6 Å². The van der Waals surface area contributed by atoms with E-state index in [0.29, 0.717) is 18.6 Å². The van der Waals surface area contributed by atoms with Crippen molar-refractivity contribution in [1.82, 2.24) is 5.32 Å². The van der Waals surface area contributed by atoms with Gasteiger partial charge in [-0.2, -0.15) is 0 Å². The molecule has 0 amide bonds. The minimum absolute atomic E-state index is 0.329. The largest absolute Gasteiger partial charge is 0.494 e. The minimum atomic E-state index is 0.329. The molecule has 2 heteroatoms. The maximum Gasteiger partial charge on any atom is 0.119 e. The Morgan fingerprint density at radius 3 is 2.10 bits per heavy atom.